The van der Waals surface area contributed by atoms with Crippen LogP contribution >= 0.6 is 11.8 Å². The molecule has 0 bridgehead atoms. The van der Waals surface area contributed by atoms with Crippen molar-refractivity contribution in [1.29, 1.82) is 0 Å². The summed E-state index contributed by atoms with van der Waals surface area (Å²) in [5, 5.41) is 12.8. The van der Waals surface area contributed by atoms with E-state index in [0.717, 1.165) is 17.9 Å². The molecule has 0 spiro atoms. The second-order valence-corrected chi connectivity index (χ2v) is 3.19. The van der Waals surface area contributed by atoms with Crippen molar-refractivity contribution in [2.24, 2.45) is 0 Å². The summed E-state index contributed by atoms with van der Waals surface area (Å²) in [5.74, 6) is 0.726. The molecule has 0 aliphatic rings. The highest BCUT2D eigenvalue weighted by Crippen LogP contribution is 2.15. The van der Waals surface area contributed by atoms with Crippen molar-refractivity contribution < 1.29 is 5.11 Å². The first-order valence-corrected chi connectivity index (χ1v) is 5.29. The lowest BCUT2D eigenvalue weighted by molar-refractivity contribution is 0.281. The van der Waals surface area contributed by atoms with Gasteiger partial charge in [-0.2, -0.15) is 0 Å². The maximum absolute atomic E-state index is 8.98. The van der Waals surface area contributed by atoms with E-state index in [1.165, 1.54) is 11.8 Å². The number of aliphatic hydroxyl groups is 1. The van der Waals surface area contributed by atoms with Crippen molar-refractivity contribution in [3.63, 3.8) is 0 Å². The molecule has 72 valence electrons. The van der Waals surface area contributed by atoms with E-state index >= 15 is 0 Å². The zero-order chi connectivity index (χ0) is 9.68. The average Bonchev–Trinajstić information content (AvgIpc) is 2.18. The molecule has 0 saturated heterocycles. The summed E-state index contributed by atoms with van der Waals surface area (Å²) in [6.07, 6.45) is 3.57. The SMILES string of the molecule is CCNc1nc(SC)ncc1CO. The van der Waals surface area contributed by atoms with Crippen molar-refractivity contribution >= 4 is 17.6 Å². The quantitative estimate of drug-likeness (QED) is 0.562. The molecule has 0 atom stereocenters. The van der Waals surface area contributed by atoms with Crippen LogP contribution in [0.15, 0.2) is 11.4 Å². The molecule has 1 rings (SSSR count). The Balaban J connectivity index is 2.95. The topological polar surface area (TPSA) is 58.0 Å². The third kappa shape index (κ3) is 2.57. The number of hydrogen-bond acceptors (Lipinski definition) is 5. The highest BCUT2D eigenvalue weighted by atomic mass is 32.2. The van der Waals surface area contributed by atoms with Crippen LogP contribution < -0.4 is 5.32 Å². The Morgan fingerprint density at radius 1 is 1.62 bits per heavy atom. The lowest BCUT2D eigenvalue weighted by Crippen LogP contribution is -2.05. The number of rotatable bonds is 4. The predicted octanol–water partition coefficient (Wildman–Crippen LogP) is 1.12. The lowest BCUT2D eigenvalue weighted by Gasteiger charge is -2.07. The van der Waals surface area contributed by atoms with Crippen LogP contribution in [0.4, 0.5) is 5.82 Å². The Labute approximate surface area is 81.8 Å². The van der Waals surface area contributed by atoms with Gasteiger partial charge in [-0.25, -0.2) is 9.97 Å². The van der Waals surface area contributed by atoms with Gasteiger partial charge in [0.25, 0.3) is 0 Å². The van der Waals surface area contributed by atoms with Crippen LogP contribution in [0.2, 0.25) is 0 Å². The van der Waals surface area contributed by atoms with Crippen LogP contribution in [0.25, 0.3) is 0 Å². The van der Waals surface area contributed by atoms with Gasteiger partial charge in [-0.1, -0.05) is 11.8 Å². The van der Waals surface area contributed by atoms with Gasteiger partial charge < -0.3 is 10.4 Å². The molecule has 0 aliphatic carbocycles. The second kappa shape index (κ2) is 5.04. The molecule has 0 amide bonds. The average molecular weight is 199 g/mol. The van der Waals surface area contributed by atoms with Crippen molar-refractivity contribution in [3.05, 3.63) is 11.8 Å². The molecule has 0 unspecified atom stereocenters. The van der Waals surface area contributed by atoms with E-state index in [9.17, 15) is 0 Å². The summed E-state index contributed by atoms with van der Waals surface area (Å²) in [6.45, 7) is 2.75. The van der Waals surface area contributed by atoms with Crippen LogP contribution in [0, 0.1) is 0 Å². The maximum Gasteiger partial charge on any atom is 0.189 e. The number of aliphatic hydroxyl groups excluding tert-OH is 1. The van der Waals surface area contributed by atoms with Crippen molar-refractivity contribution in [3.8, 4) is 0 Å². The largest absolute Gasteiger partial charge is 0.391 e. The fourth-order valence-electron chi connectivity index (χ4n) is 0.925. The number of aromatic nitrogens is 2. The molecule has 1 aromatic heterocycles. The van der Waals surface area contributed by atoms with Gasteiger partial charge >= 0.3 is 0 Å². The van der Waals surface area contributed by atoms with Gasteiger partial charge in [0, 0.05) is 18.3 Å². The zero-order valence-electron chi connectivity index (χ0n) is 7.74. The molecule has 0 radical (unpaired) electrons. The molecule has 0 aliphatic heterocycles. The van der Waals surface area contributed by atoms with E-state index in [4.69, 9.17) is 5.11 Å². The molecular weight excluding hydrogens is 186 g/mol. The van der Waals surface area contributed by atoms with E-state index in [1.54, 1.807) is 6.20 Å². The smallest absolute Gasteiger partial charge is 0.189 e. The first kappa shape index (κ1) is 10.3. The lowest BCUT2D eigenvalue weighted by atomic mass is 10.3. The molecular formula is C8H13N3OS. The highest BCUT2D eigenvalue weighted by molar-refractivity contribution is 7.98. The third-order valence-electron chi connectivity index (χ3n) is 1.54. The van der Waals surface area contributed by atoms with Gasteiger partial charge in [0.2, 0.25) is 0 Å². The number of thioether (sulfide) groups is 1. The summed E-state index contributed by atoms with van der Waals surface area (Å²) in [7, 11) is 0. The second-order valence-electron chi connectivity index (χ2n) is 2.42. The molecule has 0 saturated carbocycles. The van der Waals surface area contributed by atoms with Gasteiger partial charge in [-0.3, -0.25) is 0 Å². The number of hydrogen-bond donors (Lipinski definition) is 2. The van der Waals surface area contributed by atoms with Crippen LogP contribution in [0.5, 0.6) is 0 Å². The summed E-state index contributed by atoms with van der Waals surface area (Å²) < 4.78 is 0. The molecule has 4 nitrogen and oxygen atoms in total. The fraction of sp³-hybridized carbons (Fsp3) is 0.500. The summed E-state index contributed by atoms with van der Waals surface area (Å²) >= 11 is 1.48. The van der Waals surface area contributed by atoms with Crippen LogP contribution in [-0.4, -0.2) is 27.9 Å². The van der Waals surface area contributed by atoms with Crippen LogP contribution in [-0.2, 0) is 6.61 Å². The Morgan fingerprint density at radius 2 is 2.38 bits per heavy atom. The minimum absolute atomic E-state index is 0.0308. The first-order valence-electron chi connectivity index (χ1n) is 4.06. The molecule has 13 heavy (non-hydrogen) atoms. The van der Waals surface area contributed by atoms with Crippen molar-refractivity contribution in [1.82, 2.24) is 9.97 Å². The van der Waals surface area contributed by atoms with Crippen molar-refractivity contribution in [2.45, 2.75) is 18.7 Å². The summed E-state index contributed by atoms with van der Waals surface area (Å²) in [6, 6.07) is 0. The Morgan fingerprint density at radius 3 is 2.92 bits per heavy atom. The van der Waals surface area contributed by atoms with E-state index in [0.29, 0.717) is 5.16 Å². The third-order valence-corrected chi connectivity index (χ3v) is 2.10. The molecule has 1 heterocycles. The number of nitrogens with zero attached hydrogens (tertiary/aromatic N) is 2. The Kier molecular flexibility index (Phi) is 3.98. The van der Waals surface area contributed by atoms with E-state index in [1.807, 2.05) is 13.2 Å². The van der Waals surface area contributed by atoms with Crippen molar-refractivity contribution in [2.75, 3.05) is 18.1 Å². The monoisotopic (exact) mass is 199 g/mol. The van der Waals surface area contributed by atoms with Gasteiger partial charge in [-0.15, -0.1) is 0 Å². The number of anilines is 1. The van der Waals surface area contributed by atoms with E-state index in [2.05, 4.69) is 15.3 Å². The number of nitrogens with one attached hydrogen (secondary N) is 1. The standard InChI is InChI=1S/C8H13N3OS/c1-3-9-7-6(5-12)4-10-8(11-7)13-2/h4,12H,3,5H2,1-2H3,(H,9,10,11). The molecule has 2 N–H and O–H groups in total. The van der Waals surface area contributed by atoms with E-state index < -0.39 is 0 Å². The van der Waals surface area contributed by atoms with Gasteiger partial charge in [-0.05, 0) is 13.2 Å². The Hall–Kier alpha value is -0.810. The van der Waals surface area contributed by atoms with E-state index in [-0.39, 0.29) is 6.61 Å². The van der Waals surface area contributed by atoms with Crippen LogP contribution in [0.1, 0.15) is 12.5 Å². The molecule has 5 heteroatoms. The molecule has 0 aromatic carbocycles. The molecule has 0 fully saturated rings. The minimum atomic E-state index is -0.0308. The summed E-state index contributed by atoms with van der Waals surface area (Å²) in [5.41, 5.74) is 0.736. The van der Waals surface area contributed by atoms with Gasteiger partial charge in [0.05, 0.1) is 6.61 Å². The minimum Gasteiger partial charge on any atom is -0.391 e. The zero-order valence-corrected chi connectivity index (χ0v) is 8.56. The normalized spacial score (nSPS) is 10.1. The fourth-order valence-corrected chi connectivity index (χ4v) is 1.27. The van der Waals surface area contributed by atoms with Crippen LogP contribution in [0.3, 0.4) is 0 Å². The van der Waals surface area contributed by atoms with Gasteiger partial charge in [0.15, 0.2) is 5.16 Å². The first-order chi connectivity index (χ1) is 6.31. The molecule has 1 aromatic rings. The summed E-state index contributed by atoms with van der Waals surface area (Å²) in [4.78, 5) is 8.30. The van der Waals surface area contributed by atoms with Gasteiger partial charge in [0.1, 0.15) is 5.82 Å². The maximum atomic E-state index is 8.98. The predicted molar refractivity (Wildman–Crippen MR) is 53.9 cm³/mol. The highest BCUT2D eigenvalue weighted by Gasteiger charge is 2.04. The Bertz CT molecular complexity index is 280.